The number of sulfonamides is 1. The van der Waals surface area contributed by atoms with Crippen molar-refractivity contribution >= 4 is 33.0 Å². The van der Waals surface area contributed by atoms with Crippen molar-refractivity contribution in [2.24, 2.45) is 0 Å². The van der Waals surface area contributed by atoms with E-state index in [1.807, 2.05) is 6.92 Å². The molecule has 5 nitrogen and oxygen atoms in total. The second-order valence-corrected chi connectivity index (χ2v) is 6.07. The van der Waals surface area contributed by atoms with E-state index in [-0.39, 0.29) is 9.92 Å². The van der Waals surface area contributed by atoms with Gasteiger partial charge in [-0.2, -0.15) is 0 Å². The standard InChI is InChI=1S/C12H12ClN3O2S/c1-8-2-3-9(7-15-8)16-19(17,18)10-4-5-12(14)11(13)6-10/h2-7,16H,14H2,1H3. The van der Waals surface area contributed by atoms with Gasteiger partial charge >= 0.3 is 0 Å². The molecule has 7 heteroatoms. The van der Waals surface area contributed by atoms with Gasteiger partial charge in [0.05, 0.1) is 27.5 Å². The average molecular weight is 298 g/mol. The van der Waals surface area contributed by atoms with Crippen LogP contribution in [0.4, 0.5) is 11.4 Å². The number of nitrogens with zero attached hydrogens (tertiary/aromatic N) is 1. The molecule has 3 N–H and O–H groups in total. The lowest BCUT2D eigenvalue weighted by molar-refractivity contribution is 0.601. The first-order valence-electron chi connectivity index (χ1n) is 5.39. The molecule has 0 atom stereocenters. The topological polar surface area (TPSA) is 85.1 Å². The van der Waals surface area contributed by atoms with E-state index in [1.54, 1.807) is 12.1 Å². The molecule has 1 aromatic carbocycles. The number of nitrogens with two attached hydrogens (primary N) is 1. The van der Waals surface area contributed by atoms with Crippen molar-refractivity contribution < 1.29 is 8.42 Å². The van der Waals surface area contributed by atoms with Gasteiger partial charge < -0.3 is 5.73 Å². The summed E-state index contributed by atoms with van der Waals surface area (Å²) in [5.74, 6) is 0. The maximum absolute atomic E-state index is 12.1. The molecule has 1 heterocycles. The van der Waals surface area contributed by atoms with Gasteiger partial charge in [0.2, 0.25) is 0 Å². The third-order valence-electron chi connectivity index (χ3n) is 2.45. The van der Waals surface area contributed by atoms with E-state index >= 15 is 0 Å². The van der Waals surface area contributed by atoms with Crippen LogP contribution in [0, 0.1) is 6.92 Å². The Balaban J connectivity index is 2.32. The van der Waals surface area contributed by atoms with Crippen LogP contribution in [0.1, 0.15) is 5.69 Å². The SMILES string of the molecule is Cc1ccc(NS(=O)(=O)c2ccc(N)c(Cl)c2)cn1. The highest BCUT2D eigenvalue weighted by molar-refractivity contribution is 7.92. The van der Waals surface area contributed by atoms with Crippen LogP contribution >= 0.6 is 11.6 Å². The number of rotatable bonds is 3. The summed E-state index contributed by atoms with van der Waals surface area (Å²) in [6.07, 6.45) is 1.45. The molecule has 19 heavy (non-hydrogen) atoms. The molecule has 0 bridgehead atoms. The third kappa shape index (κ3) is 3.15. The minimum absolute atomic E-state index is 0.0484. The quantitative estimate of drug-likeness (QED) is 0.852. The first-order valence-corrected chi connectivity index (χ1v) is 7.25. The minimum atomic E-state index is -3.70. The van der Waals surface area contributed by atoms with Gasteiger partial charge in [-0.05, 0) is 37.3 Å². The molecule has 0 saturated heterocycles. The highest BCUT2D eigenvalue weighted by Gasteiger charge is 2.15. The van der Waals surface area contributed by atoms with Crippen molar-refractivity contribution in [3.8, 4) is 0 Å². The predicted molar refractivity (Wildman–Crippen MR) is 75.6 cm³/mol. The normalized spacial score (nSPS) is 11.3. The number of nitrogens with one attached hydrogen (secondary N) is 1. The van der Waals surface area contributed by atoms with E-state index in [0.717, 1.165) is 5.69 Å². The monoisotopic (exact) mass is 297 g/mol. The summed E-state index contributed by atoms with van der Waals surface area (Å²) >= 11 is 5.81. The van der Waals surface area contributed by atoms with Crippen LogP contribution < -0.4 is 10.5 Å². The number of halogens is 1. The van der Waals surface area contributed by atoms with Crippen molar-refractivity contribution in [1.82, 2.24) is 4.98 Å². The summed E-state index contributed by atoms with van der Waals surface area (Å²) in [7, 11) is -3.70. The van der Waals surface area contributed by atoms with E-state index in [9.17, 15) is 8.42 Å². The summed E-state index contributed by atoms with van der Waals surface area (Å²) in [5, 5.41) is 0.199. The Bertz CT molecular complexity index is 699. The number of hydrogen-bond acceptors (Lipinski definition) is 4. The van der Waals surface area contributed by atoms with E-state index < -0.39 is 10.0 Å². The Morgan fingerprint density at radius 1 is 1.26 bits per heavy atom. The van der Waals surface area contributed by atoms with Crippen LogP contribution in [0.2, 0.25) is 5.02 Å². The molecule has 0 aliphatic heterocycles. The molecule has 2 aromatic rings. The molecule has 100 valence electrons. The van der Waals surface area contributed by atoms with Crippen molar-refractivity contribution in [2.45, 2.75) is 11.8 Å². The van der Waals surface area contributed by atoms with Crippen molar-refractivity contribution in [1.29, 1.82) is 0 Å². The number of anilines is 2. The zero-order valence-electron chi connectivity index (χ0n) is 10.1. The van der Waals surface area contributed by atoms with Gasteiger partial charge in [-0.15, -0.1) is 0 Å². The molecule has 0 aliphatic carbocycles. The van der Waals surface area contributed by atoms with Gasteiger partial charge in [0, 0.05) is 5.69 Å². The number of hydrogen-bond donors (Lipinski definition) is 2. The van der Waals surface area contributed by atoms with Gasteiger partial charge in [0.25, 0.3) is 10.0 Å². The lowest BCUT2D eigenvalue weighted by Gasteiger charge is -2.09. The Labute approximate surface area is 116 Å². The zero-order valence-corrected chi connectivity index (χ0v) is 11.7. The number of pyridine rings is 1. The van der Waals surface area contributed by atoms with Crippen LogP contribution in [0.3, 0.4) is 0 Å². The maximum Gasteiger partial charge on any atom is 0.261 e. The van der Waals surface area contributed by atoms with Crippen LogP contribution in [-0.4, -0.2) is 13.4 Å². The first-order chi connectivity index (χ1) is 8.88. The second-order valence-electron chi connectivity index (χ2n) is 3.98. The number of aromatic nitrogens is 1. The van der Waals surface area contributed by atoms with Crippen LogP contribution in [0.25, 0.3) is 0 Å². The minimum Gasteiger partial charge on any atom is -0.398 e. The fourth-order valence-corrected chi connectivity index (χ4v) is 2.73. The molecular weight excluding hydrogens is 286 g/mol. The van der Waals surface area contributed by atoms with Gasteiger partial charge in [-0.1, -0.05) is 11.6 Å². The number of benzene rings is 1. The van der Waals surface area contributed by atoms with E-state index in [0.29, 0.717) is 11.4 Å². The smallest absolute Gasteiger partial charge is 0.261 e. The Morgan fingerprint density at radius 3 is 2.58 bits per heavy atom. The summed E-state index contributed by atoms with van der Waals surface area (Å²) < 4.78 is 26.6. The Hall–Kier alpha value is -1.79. The molecule has 0 aliphatic rings. The average Bonchev–Trinajstić information content (AvgIpc) is 2.35. The van der Waals surface area contributed by atoms with E-state index in [2.05, 4.69) is 9.71 Å². The third-order valence-corrected chi connectivity index (χ3v) is 4.15. The molecule has 1 aromatic heterocycles. The molecule has 0 radical (unpaired) electrons. The fraction of sp³-hybridized carbons (Fsp3) is 0.0833. The van der Waals surface area contributed by atoms with Crippen LogP contribution in [-0.2, 0) is 10.0 Å². The fourth-order valence-electron chi connectivity index (χ4n) is 1.42. The lowest BCUT2D eigenvalue weighted by atomic mass is 10.3. The second kappa shape index (κ2) is 5.07. The Kier molecular flexibility index (Phi) is 3.64. The van der Waals surface area contributed by atoms with Crippen molar-refractivity contribution in [3.63, 3.8) is 0 Å². The summed E-state index contributed by atoms with van der Waals surface area (Å²) in [5.41, 5.74) is 7.07. The largest absolute Gasteiger partial charge is 0.398 e. The predicted octanol–water partition coefficient (Wildman–Crippen LogP) is 2.43. The molecule has 0 spiro atoms. The highest BCUT2D eigenvalue weighted by atomic mass is 35.5. The number of nitrogen functional groups attached to an aromatic ring is 1. The summed E-state index contributed by atoms with van der Waals surface area (Å²) in [6.45, 7) is 1.82. The van der Waals surface area contributed by atoms with Crippen molar-refractivity contribution in [3.05, 3.63) is 47.2 Å². The molecular formula is C12H12ClN3O2S. The molecule has 0 amide bonds. The molecule has 0 saturated carbocycles. The Morgan fingerprint density at radius 2 is 2.00 bits per heavy atom. The lowest BCUT2D eigenvalue weighted by Crippen LogP contribution is -2.13. The van der Waals surface area contributed by atoms with Crippen LogP contribution in [0.15, 0.2) is 41.4 Å². The van der Waals surface area contributed by atoms with E-state index in [1.165, 1.54) is 24.4 Å². The van der Waals surface area contributed by atoms with Crippen molar-refractivity contribution in [2.75, 3.05) is 10.5 Å². The maximum atomic E-state index is 12.1. The van der Waals surface area contributed by atoms with Gasteiger partial charge in [0.15, 0.2) is 0 Å². The molecule has 2 rings (SSSR count). The van der Waals surface area contributed by atoms with Crippen LogP contribution in [0.5, 0.6) is 0 Å². The van der Waals surface area contributed by atoms with Gasteiger partial charge in [-0.25, -0.2) is 8.42 Å². The number of aryl methyl sites for hydroxylation is 1. The summed E-state index contributed by atoms with van der Waals surface area (Å²) in [4.78, 5) is 4.06. The van der Waals surface area contributed by atoms with Gasteiger partial charge in [-0.3, -0.25) is 9.71 Å². The zero-order chi connectivity index (χ0) is 14.0. The van der Waals surface area contributed by atoms with E-state index in [4.69, 9.17) is 17.3 Å². The summed E-state index contributed by atoms with van der Waals surface area (Å²) in [6, 6.07) is 7.50. The van der Waals surface area contributed by atoms with Gasteiger partial charge in [0.1, 0.15) is 0 Å². The highest BCUT2D eigenvalue weighted by Crippen LogP contribution is 2.23. The molecule has 0 fully saturated rings. The molecule has 0 unspecified atom stereocenters. The first kappa shape index (κ1) is 13.6.